The lowest BCUT2D eigenvalue weighted by Crippen LogP contribution is -2.19. The van der Waals surface area contributed by atoms with E-state index in [4.69, 9.17) is 23.2 Å². The molecule has 1 fully saturated rings. The molecule has 0 amide bonds. The number of rotatable bonds is 3. The first-order valence-corrected chi connectivity index (χ1v) is 6.94. The maximum Gasteiger partial charge on any atom is 0.106 e. The fraction of sp³-hybridized carbons (Fsp3) is 0.267. The van der Waals surface area contributed by atoms with E-state index in [1.165, 1.54) is 0 Å². The molecule has 1 aliphatic carbocycles. The zero-order valence-corrected chi connectivity index (χ0v) is 11.7. The number of nitrogens with zero attached hydrogens (tertiary/aromatic N) is 1. The summed E-state index contributed by atoms with van der Waals surface area (Å²) < 4.78 is 0. The fourth-order valence-corrected chi connectivity index (χ4v) is 2.78. The first-order valence-electron chi connectivity index (χ1n) is 6.18. The van der Waals surface area contributed by atoms with Crippen LogP contribution in [0.5, 0.6) is 0 Å². The predicted octanol–water partition coefficient (Wildman–Crippen LogP) is 4.15. The summed E-state index contributed by atoms with van der Waals surface area (Å²) in [7, 11) is 0. The van der Waals surface area contributed by atoms with Crippen LogP contribution in [0.2, 0.25) is 10.0 Å². The van der Waals surface area contributed by atoms with Crippen LogP contribution in [0, 0.1) is 0 Å². The molecule has 1 aromatic carbocycles. The molecule has 4 heteroatoms. The van der Waals surface area contributed by atoms with Crippen LogP contribution >= 0.6 is 23.2 Å². The summed E-state index contributed by atoms with van der Waals surface area (Å²) in [6.45, 7) is 0. The monoisotopic (exact) mass is 293 g/mol. The Balaban J connectivity index is 1.97. The lowest BCUT2D eigenvalue weighted by Gasteiger charge is -2.22. The van der Waals surface area contributed by atoms with Crippen molar-refractivity contribution in [3.8, 4) is 0 Å². The summed E-state index contributed by atoms with van der Waals surface area (Å²) in [5, 5.41) is 11.6. The zero-order chi connectivity index (χ0) is 13.5. The van der Waals surface area contributed by atoms with E-state index in [1.54, 1.807) is 12.3 Å². The summed E-state index contributed by atoms with van der Waals surface area (Å²) >= 11 is 12.0. The van der Waals surface area contributed by atoms with Crippen molar-refractivity contribution in [2.45, 2.75) is 24.4 Å². The Hall–Kier alpha value is -1.09. The molecule has 2 aromatic rings. The highest BCUT2D eigenvalue weighted by molar-refractivity contribution is 6.42. The van der Waals surface area contributed by atoms with Gasteiger partial charge in [-0.1, -0.05) is 35.3 Å². The number of halogens is 2. The second-order valence-corrected chi connectivity index (χ2v) is 5.76. The number of aromatic nitrogens is 1. The first-order chi connectivity index (χ1) is 9.13. The van der Waals surface area contributed by atoms with Crippen molar-refractivity contribution in [2.24, 2.45) is 0 Å². The third kappa shape index (κ3) is 2.25. The van der Waals surface area contributed by atoms with Crippen molar-refractivity contribution in [3.05, 3.63) is 63.9 Å². The number of hydrogen-bond acceptors (Lipinski definition) is 2. The maximum absolute atomic E-state index is 10.6. The highest BCUT2D eigenvalue weighted by atomic mass is 35.5. The molecule has 0 saturated heterocycles. The average Bonchev–Trinajstić information content (AvgIpc) is 3.24. The van der Waals surface area contributed by atoms with E-state index in [1.807, 2.05) is 30.3 Å². The van der Waals surface area contributed by atoms with Gasteiger partial charge in [0.2, 0.25) is 0 Å². The molecule has 1 aromatic heterocycles. The van der Waals surface area contributed by atoms with Crippen LogP contribution in [-0.4, -0.2) is 10.1 Å². The standard InChI is InChI=1S/C15H13Cl2NO/c16-11-5-4-10(9-12(11)17)15(6-7-15)14(19)13-3-1-2-8-18-13/h1-5,8-9,14,19H,6-7H2/t14-/m1/s1. The van der Waals surface area contributed by atoms with E-state index < -0.39 is 6.10 Å². The van der Waals surface area contributed by atoms with Crippen LogP contribution in [0.1, 0.15) is 30.2 Å². The van der Waals surface area contributed by atoms with Crippen molar-refractivity contribution < 1.29 is 5.11 Å². The molecule has 2 nitrogen and oxygen atoms in total. The second kappa shape index (κ2) is 4.78. The molecule has 1 N–H and O–H groups in total. The molecular formula is C15H13Cl2NO. The molecule has 0 spiro atoms. The molecule has 1 heterocycles. The van der Waals surface area contributed by atoms with Crippen LogP contribution in [0.25, 0.3) is 0 Å². The first kappa shape index (κ1) is 12.9. The van der Waals surface area contributed by atoms with Crippen LogP contribution < -0.4 is 0 Å². The van der Waals surface area contributed by atoms with Crippen molar-refractivity contribution in [2.75, 3.05) is 0 Å². The summed E-state index contributed by atoms with van der Waals surface area (Å²) in [5.74, 6) is 0. The smallest absolute Gasteiger partial charge is 0.106 e. The van der Waals surface area contributed by atoms with Gasteiger partial charge < -0.3 is 5.11 Å². The highest BCUT2D eigenvalue weighted by Crippen LogP contribution is 2.56. The van der Waals surface area contributed by atoms with Gasteiger partial charge in [0.15, 0.2) is 0 Å². The Bertz CT molecular complexity index is 596. The summed E-state index contributed by atoms with van der Waals surface area (Å²) in [4.78, 5) is 4.24. The van der Waals surface area contributed by atoms with E-state index in [0.717, 1.165) is 18.4 Å². The summed E-state index contributed by atoms with van der Waals surface area (Å²) in [6, 6.07) is 11.1. The zero-order valence-electron chi connectivity index (χ0n) is 10.2. The number of pyridine rings is 1. The van der Waals surface area contributed by atoms with Gasteiger partial charge in [-0.2, -0.15) is 0 Å². The van der Waals surface area contributed by atoms with E-state index in [-0.39, 0.29) is 5.41 Å². The van der Waals surface area contributed by atoms with Gasteiger partial charge in [-0.3, -0.25) is 4.98 Å². The molecule has 1 atom stereocenters. The summed E-state index contributed by atoms with van der Waals surface area (Å²) in [5.41, 5.74) is 1.47. The number of aliphatic hydroxyl groups is 1. The quantitative estimate of drug-likeness (QED) is 0.922. The minimum Gasteiger partial charge on any atom is -0.386 e. The third-order valence-corrected chi connectivity index (χ3v) is 4.51. The Kier molecular flexibility index (Phi) is 3.25. The maximum atomic E-state index is 10.6. The van der Waals surface area contributed by atoms with Crippen LogP contribution in [-0.2, 0) is 5.41 Å². The molecule has 1 aliphatic rings. The molecule has 19 heavy (non-hydrogen) atoms. The minimum absolute atomic E-state index is 0.261. The Morgan fingerprint density at radius 3 is 2.47 bits per heavy atom. The highest BCUT2D eigenvalue weighted by Gasteiger charge is 2.51. The Morgan fingerprint density at radius 2 is 1.89 bits per heavy atom. The van der Waals surface area contributed by atoms with Gasteiger partial charge in [0.1, 0.15) is 6.10 Å². The number of hydrogen-bond donors (Lipinski definition) is 1. The molecule has 0 aliphatic heterocycles. The van der Waals surface area contributed by atoms with Gasteiger partial charge in [0, 0.05) is 11.6 Å². The van der Waals surface area contributed by atoms with Crippen molar-refractivity contribution in [1.29, 1.82) is 0 Å². The fourth-order valence-electron chi connectivity index (χ4n) is 2.48. The van der Waals surface area contributed by atoms with Crippen LogP contribution in [0.3, 0.4) is 0 Å². The van der Waals surface area contributed by atoms with Crippen molar-refractivity contribution >= 4 is 23.2 Å². The van der Waals surface area contributed by atoms with Gasteiger partial charge in [-0.15, -0.1) is 0 Å². The minimum atomic E-state index is -0.606. The molecular weight excluding hydrogens is 281 g/mol. The molecule has 0 unspecified atom stereocenters. The third-order valence-electron chi connectivity index (χ3n) is 3.77. The van der Waals surface area contributed by atoms with E-state index in [2.05, 4.69) is 4.98 Å². The lowest BCUT2D eigenvalue weighted by atomic mass is 9.88. The Morgan fingerprint density at radius 1 is 1.11 bits per heavy atom. The van der Waals surface area contributed by atoms with E-state index in [0.29, 0.717) is 15.7 Å². The second-order valence-electron chi connectivity index (χ2n) is 4.94. The lowest BCUT2D eigenvalue weighted by molar-refractivity contribution is 0.128. The van der Waals surface area contributed by atoms with Gasteiger partial charge in [0.05, 0.1) is 15.7 Å². The van der Waals surface area contributed by atoms with Gasteiger partial charge in [-0.05, 0) is 42.7 Å². The van der Waals surface area contributed by atoms with Gasteiger partial charge in [0.25, 0.3) is 0 Å². The van der Waals surface area contributed by atoms with Crippen LogP contribution in [0.15, 0.2) is 42.6 Å². The molecule has 3 rings (SSSR count). The van der Waals surface area contributed by atoms with Crippen molar-refractivity contribution in [3.63, 3.8) is 0 Å². The number of benzene rings is 1. The van der Waals surface area contributed by atoms with E-state index >= 15 is 0 Å². The largest absolute Gasteiger partial charge is 0.386 e. The van der Waals surface area contributed by atoms with Gasteiger partial charge >= 0.3 is 0 Å². The topological polar surface area (TPSA) is 33.1 Å². The van der Waals surface area contributed by atoms with Crippen molar-refractivity contribution in [1.82, 2.24) is 4.98 Å². The molecule has 1 saturated carbocycles. The number of aliphatic hydroxyl groups excluding tert-OH is 1. The summed E-state index contributed by atoms with van der Waals surface area (Å²) in [6.07, 6.45) is 2.96. The molecule has 0 radical (unpaired) electrons. The normalized spacial score (nSPS) is 18.1. The predicted molar refractivity (Wildman–Crippen MR) is 76.6 cm³/mol. The Labute approximate surface area is 122 Å². The van der Waals surface area contributed by atoms with Crippen LogP contribution in [0.4, 0.5) is 0 Å². The SMILES string of the molecule is O[C@H](c1ccccn1)C1(c2ccc(Cl)c(Cl)c2)CC1. The van der Waals surface area contributed by atoms with E-state index in [9.17, 15) is 5.11 Å². The molecule has 98 valence electrons. The molecule has 0 bridgehead atoms. The van der Waals surface area contributed by atoms with Gasteiger partial charge in [-0.25, -0.2) is 0 Å². The average molecular weight is 294 g/mol.